The highest BCUT2D eigenvalue weighted by molar-refractivity contribution is 5.80. The largest absolute Gasteiger partial charge is 0.317 e. The molecular weight excluding hydrogens is 222 g/mol. The minimum atomic E-state index is 0.361. The zero-order valence-electron chi connectivity index (χ0n) is 11.2. The summed E-state index contributed by atoms with van der Waals surface area (Å²) >= 11 is 0. The fourth-order valence-electron chi connectivity index (χ4n) is 2.71. The molecule has 2 heteroatoms. The van der Waals surface area contributed by atoms with Crippen LogP contribution in [-0.2, 0) is 11.2 Å². The predicted molar refractivity (Wildman–Crippen MR) is 74.9 cm³/mol. The highest BCUT2D eigenvalue weighted by atomic mass is 16.1. The first-order valence-electron chi connectivity index (χ1n) is 7.11. The standard InChI is InChI=1S/C16H23NO/c1-2-4-16(18)12-13-5-3-6-15(11-13)14-7-9-17-10-8-14/h3,5-6,11,14,17H,2,4,7-10,12H2,1H3. The van der Waals surface area contributed by atoms with Gasteiger partial charge < -0.3 is 5.32 Å². The topological polar surface area (TPSA) is 29.1 Å². The molecule has 0 aliphatic carbocycles. The first-order valence-corrected chi connectivity index (χ1v) is 7.11. The Morgan fingerprint density at radius 2 is 2.11 bits per heavy atom. The lowest BCUT2D eigenvalue weighted by atomic mass is 9.89. The van der Waals surface area contributed by atoms with E-state index in [1.807, 2.05) is 0 Å². The van der Waals surface area contributed by atoms with Crippen LogP contribution in [0, 0.1) is 0 Å². The van der Waals surface area contributed by atoms with Crippen LogP contribution in [0.25, 0.3) is 0 Å². The summed E-state index contributed by atoms with van der Waals surface area (Å²) in [6.45, 7) is 4.29. The molecule has 0 aromatic heterocycles. The van der Waals surface area contributed by atoms with Crippen molar-refractivity contribution >= 4 is 5.78 Å². The first kappa shape index (κ1) is 13.3. The molecule has 98 valence electrons. The van der Waals surface area contributed by atoms with Crippen molar-refractivity contribution in [2.75, 3.05) is 13.1 Å². The molecule has 0 spiro atoms. The molecule has 1 aliphatic heterocycles. The Morgan fingerprint density at radius 3 is 2.83 bits per heavy atom. The number of rotatable bonds is 5. The second-order valence-electron chi connectivity index (χ2n) is 5.23. The summed E-state index contributed by atoms with van der Waals surface area (Å²) in [7, 11) is 0. The van der Waals surface area contributed by atoms with Gasteiger partial charge in [-0.3, -0.25) is 4.79 Å². The van der Waals surface area contributed by atoms with Gasteiger partial charge in [0.05, 0.1) is 0 Å². The van der Waals surface area contributed by atoms with E-state index in [4.69, 9.17) is 0 Å². The number of nitrogens with one attached hydrogen (secondary N) is 1. The van der Waals surface area contributed by atoms with Crippen LogP contribution >= 0.6 is 0 Å². The number of hydrogen-bond donors (Lipinski definition) is 1. The van der Waals surface area contributed by atoms with Crippen LogP contribution in [0.5, 0.6) is 0 Å². The Balaban J connectivity index is 2.02. The Labute approximate surface area is 110 Å². The van der Waals surface area contributed by atoms with Gasteiger partial charge in [0.25, 0.3) is 0 Å². The molecule has 2 rings (SSSR count). The van der Waals surface area contributed by atoms with Crippen LogP contribution in [0.3, 0.4) is 0 Å². The second kappa shape index (κ2) is 6.69. The zero-order valence-corrected chi connectivity index (χ0v) is 11.2. The van der Waals surface area contributed by atoms with Crippen LogP contribution < -0.4 is 5.32 Å². The lowest BCUT2D eigenvalue weighted by Crippen LogP contribution is -2.26. The second-order valence-corrected chi connectivity index (χ2v) is 5.23. The quantitative estimate of drug-likeness (QED) is 0.863. The van der Waals surface area contributed by atoms with E-state index in [2.05, 4.69) is 36.5 Å². The molecule has 2 nitrogen and oxygen atoms in total. The summed E-state index contributed by atoms with van der Waals surface area (Å²) in [5.74, 6) is 1.03. The van der Waals surface area contributed by atoms with Gasteiger partial charge in [-0.25, -0.2) is 0 Å². The van der Waals surface area contributed by atoms with Crippen molar-refractivity contribution < 1.29 is 4.79 Å². The molecule has 1 aliphatic rings. The summed E-state index contributed by atoms with van der Waals surface area (Å²) in [6, 6.07) is 8.64. The molecule has 0 amide bonds. The zero-order chi connectivity index (χ0) is 12.8. The van der Waals surface area contributed by atoms with Gasteiger partial charge >= 0.3 is 0 Å². The molecule has 0 saturated carbocycles. The van der Waals surface area contributed by atoms with E-state index in [9.17, 15) is 4.79 Å². The van der Waals surface area contributed by atoms with E-state index < -0.39 is 0 Å². The Morgan fingerprint density at radius 1 is 1.33 bits per heavy atom. The summed E-state index contributed by atoms with van der Waals surface area (Å²) in [5.41, 5.74) is 2.60. The minimum Gasteiger partial charge on any atom is -0.317 e. The number of ketones is 1. The van der Waals surface area contributed by atoms with Gasteiger partial charge in [0.1, 0.15) is 5.78 Å². The van der Waals surface area contributed by atoms with Gasteiger partial charge in [0.15, 0.2) is 0 Å². The van der Waals surface area contributed by atoms with Crippen LogP contribution in [0.1, 0.15) is 49.7 Å². The number of hydrogen-bond acceptors (Lipinski definition) is 2. The smallest absolute Gasteiger partial charge is 0.137 e. The third-order valence-electron chi connectivity index (χ3n) is 3.69. The Bertz CT molecular complexity index is 394. The number of benzene rings is 1. The monoisotopic (exact) mass is 245 g/mol. The van der Waals surface area contributed by atoms with Gasteiger partial charge in [-0.15, -0.1) is 0 Å². The van der Waals surface area contributed by atoms with Crippen molar-refractivity contribution in [2.24, 2.45) is 0 Å². The third kappa shape index (κ3) is 3.67. The average Bonchev–Trinajstić information content (AvgIpc) is 2.40. The summed E-state index contributed by atoms with van der Waals surface area (Å²) in [5, 5.41) is 3.39. The average molecular weight is 245 g/mol. The van der Waals surface area contributed by atoms with E-state index in [1.165, 1.54) is 24.0 Å². The van der Waals surface area contributed by atoms with Crippen molar-refractivity contribution in [3.63, 3.8) is 0 Å². The van der Waals surface area contributed by atoms with Gasteiger partial charge in [-0.1, -0.05) is 31.2 Å². The summed E-state index contributed by atoms with van der Waals surface area (Å²) in [6.07, 6.45) is 4.69. The number of carbonyl (C=O) groups is 1. The summed E-state index contributed by atoms with van der Waals surface area (Å²) in [4.78, 5) is 11.7. The molecule has 1 aromatic rings. The van der Waals surface area contributed by atoms with Crippen molar-refractivity contribution in [1.82, 2.24) is 5.32 Å². The van der Waals surface area contributed by atoms with E-state index in [0.717, 1.165) is 19.5 Å². The SMILES string of the molecule is CCCC(=O)Cc1cccc(C2CCNCC2)c1. The van der Waals surface area contributed by atoms with Crippen LogP contribution in [0.2, 0.25) is 0 Å². The van der Waals surface area contributed by atoms with E-state index in [0.29, 0.717) is 24.5 Å². The van der Waals surface area contributed by atoms with Gasteiger partial charge in [0, 0.05) is 12.8 Å². The van der Waals surface area contributed by atoms with E-state index in [-0.39, 0.29) is 0 Å². The van der Waals surface area contributed by atoms with E-state index >= 15 is 0 Å². The molecule has 18 heavy (non-hydrogen) atoms. The number of piperidine rings is 1. The number of Topliss-reactive ketones (excluding diaryl/α,β-unsaturated/α-hetero) is 1. The maximum atomic E-state index is 11.7. The van der Waals surface area contributed by atoms with Crippen molar-refractivity contribution in [2.45, 2.75) is 44.9 Å². The molecule has 0 atom stereocenters. The maximum Gasteiger partial charge on any atom is 0.137 e. The van der Waals surface area contributed by atoms with Gasteiger partial charge in [0.2, 0.25) is 0 Å². The fourth-order valence-corrected chi connectivity index (χ4v) is 2.71. The molecule has 1 N–H and O–H groups in total. The van der Waals surface area contributed by atoms with Crippen molar-refractivity contribution in [3.8, 4) is 0 Å². The van der Waals surface area contributed by atoms with Crippen LogP contribution in [0.15, 0.2) is 24.3 Å². The molecule has 1 aromatic carbocycles. The normalized spacial score (nSPS) is 16.7. The highest BCUT2D eigenvalue weighted by Crippen LogP contribution is 2.25. The molecule has 0 bridgehead atoms. The molecule has 1 heterocycles. The number of carbonyl (C=O) groups excluding carboxylic acids is 1. The van der Waals surface area contributed by atoms with Gasteiger partial charge in [-0.05, 0) is 49.4 Å². The van der Waals surface area contributed by atoms with Crippen molar-refractivity contribution in [1.29, 1.82) is 0 Å². The Hall–Kier alpha value is -1.15. The van der Waals surface area contributed by atoms with Crippen molar-refractivity contribution in [3.05, 3.63) is 35.4 Å². The fraction of sp³-hybridized carbons (Fsp3) is 0.562. The van der Waals surface area contributed by atoms with Gasteiger partial charge in [-0.2, -0.15) is 0 Å². The van der Waals surface area contributed by atoms with Crippen LogP contribution in [0.4, 0.5) is 0 Å². The minimum absolute atomic E-state index is 0.361. The lowest BCUT2D eigenvalue weighted by Gasteiger charge is -2.23. The van der Waals surface area contributed by atoms with E-state index in [1.54, 1.807) is 0 Å². The Kier molecular flexibility index (Phi) is 4.94. The highest BCUT2D eigenvalue weighted by Gasteiger charge is 2.15. The molecule has 1 saturated heterocycles. The molecule has 1 fully saturated rings. The molecular formula is C16H23NO. The maximum absolute atomic E-state index is 11.7. The third-order valence-corrected chi connectivity index (χ3v) is 3.69. The first-order chi connectivity index (χ1) is 8.79. The molecule has 0 radical (unpaired) electrons. The van der Waals surface area contributed by atoms with Crippen LogP contribution in [-0.4, -0.2) is 18.9 Å². The molecule has 0 unspecified atom stereocenters. The summed E-state index contributed by atoms with van der Waals surface area (Å²) < 4.78 is 0. The lowest BCUT2D eigenvalue weighted by molar-refractivity contribution is -0.118. The predicted octanol–water partition coefficient (Wildman–Crippen LogP) is 3.07.